The van der Waals surface area contributed by atoms with Crippen LogP contribution < -0.4 is 19.8 Å². The number of fused-ring (bicyclic) bond motifs is 1. The highest BCUT2D eigenvalue weighted by molar-refractivity contribution is 5.83. The van der Waals surface area contributed by atoms with Crippen molar-refractivity contribution < 1.29 is 24.1 Å². The van der Waals surface area contributed by atoms with Gasteiger partial charge in [-0.25, -0.2) is 0 Å². The van der Waals surface area contributed by atoms with E-state index in [1.165, 1.54) is 6.26 Å². The van der Waals surface area contributed by atoms with E-state index in [4.69, 9.17) is 13.9 Å². The van der Waals surface area contributed by atoms with Crippen molar-refractivity contribution in [1.29, 1.82) is 0 Å². The summed E-state index contributed by atoms with van der Waals surface area (Å²) in [7, 11) is 1.55. The first kappa shape index (κ1) is 22.4. The molecule has 0 radical (unpaired) electrons. The van der Waals surface area contributed by atoms with Gasteiger partial charge in [-0.3, -0.25) is 4.79 Å². The molecule has 0 amide bonds. The van der Waals surface area contributed by atoms with E-state index in [0.717, 1.165) is 5.57 Å². The third-order valence-corrected chi connectivity index (χ3v) is 4.80. The lowest BCUT2D eigenvalue weighted by atomic mass is 10.0. The first-order valence-electron chi connectivity index (χ1n) is 9.96. The Kier molecular flexibility index (Phi) is 7.33. The zero-order chi connectivity index (χ0) is 22.4. The molecule has 0 aliphatic carbocycles. The molecule has 1 heterocycles. The van der Waals surface area contributed by atoms with Crippen LogP contribution in [0.25, 0.3) is 22.1 Å². The molecule has 7 nitrogen and oxygen atoms in total. The van der Waals surface area contributed by atoms with Gasteiger partial charge in [-0.05, 0) is 42.3 Å². The molecule has 31 heavy (non-hydrogen) atoms. The predicted octanol–water partition coefficient (Wildman–Crippen LogP) is 3.21. The third-order valence-electron chi connectivity index (χ3n) is 4.80. The van der Waals surface area contributed by atoms with E-state index in [-0.39, 0.29) is 18.6 Å². The van der Waals surface area contributed by atoms with Gasteiger partial charge in [0.1, 0.15) is 30.0 Å². The quantitative estimate of drug-likeness (QED) is 0.482. The van der Waals surface area contributed by atoms with Crippen LogP contribution in [0.5, 0.6) is 11.5 Å². The number of anilines is 1. The maximum Gasteiger partial charge on any atom is 0.200 e. The third kappa shape index (κ3) is 5.07. The fourth-order valence-electron chi connectivity index (χ4n) is 3.30. The molecular weight excluding hydrogens is 398 g/mol. The minimum absolute atomic E-state index is 0.0821. The van der Waals surface area contributed by atoms with Crippen LogP contribution in [0.3, 0.4) is 0 Å². The summed E-state index contributed by atoms with van der Waals surface area (Å²) in [6.07, 6.45) is 1.43. The zero-order valence-electron chi connectivity index (χ0n) is 17.8. The van der Waals surface area contributed by atoms with Crippen LogP contribution in [0, 0.1) is 0 Å². The molecule has 164 valence electrons. The molecule has 0 saturated carbocycles. The van der Waals surface area contributed by atoms with Gasteiger partial charge in [-0.15, -0.1) is 0 Å². The second-order valence-corrected chi connectivity index (χ2v) is 7.20. The summed E-state index contributed by atoms with van der Waals surface area (Å²) in [4.78, 5) is 15.0. The molecule has 0 spiro atoms. The Bertz CT molecular complexity index is 1110. The van der Waals surface area contributed by atoms with E-state index >= 15 is 0 Å². The second-order valence-electron chi connectivity index (χ2n) is 7.20. The topological polar surface area (TPSA) is 92.4 Å². The average molecular weight is 425 g/mol. The summed E-state index contributed by atoms with van der Waals surface area (Å²) in [6, 6.07) is 10.4. The summed E-state index contributed by atoms with van der Waals surface area (Å²) in [6.45, 7) is 6.55. The van der Waals surface area contributed by atoms with Crippen molar-refractivity contribution in [1.82, 2.24) is 0 Å². The number of aliphatic hydroxyl groups excluding tert-OH is 2. The monoisotopic (exact) mass is 425 g/mol. The standard InChI is InChI=1S/C24H27NO6/c1-16(2)14-30-18-5-6-19-23(13-18)31-15-20(24(19)28)17-4-7-22(29-3)21(12-17)25(8-10-26)9-11-27/h4-7,12-13,15,26-27H,1,8-11,14H2,2-3H3. The number of rotatable bonds is 10. The fraction of sp³-hybridized carbons (Fsp3) is 0.292. The van der Waals surface area contributed by atoms with Crippen LogP contribution >= 0.6 is 0 Å². The average Bonchev–Trinajstić information content (AvgIpc) is 2.77. The Labute approximate surface area is 180 Å². The maximum absolute atomic E-state index is 13.2. The molecule has 7 heteroatoms. The molecule has 0 aliphatic rings. The summed E-state index contributed by atoms with van der Waals surface area (Å²) in [5.74, 6) is 1.18. The zero-order valence-corrected chi connectivity index (χ0v) is 17.8. The summed E-state index contributed by atoms with van der Waals surface area (Å²) in [5, 5.41) is 19.2. The molecule has 3 aromatic rings. The largest absolute Gasteiger partial charge is 0.495 e. The van der Waals surface area contributed by atoms with Crippen LogP contribution in [-0.2, 0) is 0 Å². The van der Waals surface area contributed by atoms with Crippen molar-refractivity contribution in [3.05, 3.63) is 65.0 Å². The van der Waals surface area contributed by atoms with E-state index in [9.17, 15) is 15.0 Å². The van der Waals surface area contributed by atoms with Gasteiger partial charge >= 0.3 is 0 Å². The van der Waals surface area contributed by atoms with E-state index in [2.05, 4.69) is 6.58 Å². The van der Waals surface area contributed by atoms with Gasteiger partial charge in [0.05, 0.1) is 37.0 Å². The Balaban J connectivity index is 2.03. The summed E-state index contributed by atoms with van der Waals surface area (Å²) < 4.78 is 16.8. The Hall–Kier alpha value is -3.29. The number of nitrogens with zero attached hydrogens (tertiary/aromatic N) is 1. The van der Waals surface area contributed by atoms with Gasteiger partial charge in [0.25, 0.3) is 0 Å². The lowest BCUT2D eigenvalue weighted by molar-refractivity contribution is 0.280. The summed E-state index contributed by atoms with van der Waals surface area (Å²) >= 11 is 0. The number of benzene rings is 2. The molecule has 0 saturated heterocycles. The highest BCUT2D eigenvalue weighted by Crippen LogP contribution is 2.33. The normalized spacial score (nSPS) is 10.8. The Morgan fingerprint density at radius 1 is 1.13 bits per heavy atom. The van der Waals surface area contributed by atoms with Crippen molar-refractivity contribution >= 4 is 16.7 Å². The van der Waals surface area contributed by atoms with Gasteiger partial charge in [0, 0.05) is 19.2 Å². The Morgan fingerprint density at radius 3 is 2.52 bits per heavy atom. The fourth-order valence-corrected chi connectivity index (χ4v) is 3.30. The van der Waals surface area contributed by atoms with Crippen molar-refractivity contribution in [3.63, 3.8) is 0 Å². The number of ether oxygens (including phenoxy) is 2. The van der Waals surface area contributed by atoms with Gasteiger partial charge in [0.15, 0.2) is 5.43 Å². The van der Waals surface area contributed by atoms with Crippen LogP contribution in [0.15, 0.2) is 64.0 Å². The summed E-state index contributed by atoms with van der Waals surface area (Å²) in [5.41, 5.74) is 2.88. The molecule has 2 N–H and O–H groups in total. The van der Waals surface area contributed by atoms with Crippen LogP contribution in [-0.4, -0.2) is 50.2 Å². The lowest BCUT2D eigenvalue weighted by Gasteiger charge is -2.25. The minimum Gasteiger partial charge on any atom is -0.495 e. The first-order chi connectivity index (χ1) is 15.0. The van der Waals surface area contributed by atoms with Crippen LogP contribution in [0.2, 0.25) is 0 Å². The molecule has 0 aliphatic heterocycles. The van der Waals surface area contributed by atoms with E-state index in [0.29, 0.717) is 59.0 Å². The number of aliphatic hydroxyl groups is 2. The minimum atomic E-state index is -0.167. The Morgan fingerprint density at radius 2 is 1.87 bits per heavy atom. The van der Waals surface area contributed by atoms with E-state index < -0.39 is 0 Å². The van der Waals surface area contributed by atoms with Crippen molar-refractivity contribution in [2.75, 3.05) is 44.9 Å². The van der Waals surface area contributed by atoms with Gasteiger partial charge < -0.3 is 29.0 Å². The van der Waals surface area contributed by atoms with Crippen molar-refractivity contribution in [2.45, 2.75) is 6.92 Å². The number of methoxy groups -OCH3 is 1. The molecule has 0 fully saturated rings. The molecule has 0 unspecified atom stereocenters. The van der Waals surface area contributed by atoms with E-state index in [1.54, 1.807) is 48.4 Å². The molecule has 2 aromatic carbocycles. The van der Waals surface area contributed by atoms with Gasteiger partial charge in [-0.2, -0.15) is 0 Å². The predicted molar refractivity (Wildman–Crippen MR) is 121 cm³/mol. The smallest absolute Gasteiger partial charge is 0.200 e. The highest BCUT2D eigenvalue weighted by atomic mass is 16.5. The first-order valence-corrected chi connectivity index (χ1v) is 9.96. The maximum atomic E-state index is 13.2. The SMILES string of the molecule is C=C(C)COc1ccc2c(=O)c(-c3ccc(OC)c(N(CCO)CCO)c3)coc2c1. The van der Waals surface area contributed by atoms with Crippen LogP contribution in [0.4, 0.5) is 5.69 Å². The second kappa shape index (κ2) is 10.1. The van der Waals surface area contributed by atoms with Gasteiger partial charge in [-0.1, -0.05) is 12.6 Å². The highest BCUT2D eigenvalue weighted by Gasteiger charge is 2.16. The number of hydrogen-bond acceptors (Lipinski definition) is 7. The molecule has 0 bridgehead atoms. The van der Waals surface area contributed by atoms with E-state index in [1.807, 2.05) is 6.92 Å². The van der Waals surface area contributed by atoms with Crippen LogP contribution in [0.1, 0.15) is 6.92 Å². The van der Waals surface area contributed by atoms with Gasteiger partial charge in [0.2, 0.25) is 0 Å². The van der Waals surface area contributed by atoms with Crippen molar-refractivity contribution in [3.8, 4) is 22.6 Å². The molecule has 3 rings (SSSR count). The molecule has 1 aromatic heterocycles. The lowest BCUT2D eigenvalue weighted by Crippen LogP contribution is -2.30. The number of hydrogen-bond donors (Lipinski definition) is 2. The van der Waals surface area contributed by atoms with Crippen molar-refractivity contribution in [2.24, 2.45) is 0 Å². The molecule has 0 atom stereocenters. The molecular formula is C24H27NO6.